The van der Waals surface area contributed by atoms with Gasteiger partial charge < -0.3 is 30.3 Å². The first kappa shape index (κ1) is 27.4. The summed E-state index contributed by atoms with van der Waals surface area (Å²) in [6.07, 6.45) is 8.27. The summed E-state index contributed by atoms with van der Waals surface area (Å²) in [5.74, 6) is -2.27. The minimum Gasteiger partial charge on any atom is -0.465 e. The van der Waals surface area contributed by atoms with Gasteiger partial charge in [0.05, 0.1) is 37.8 Å². The number of nitrogens with zero attached hydrogens (tertiary/aromatic N) is 1. The lowest BCUT2D eigenvalue weighted by atomic mass is 9.85. The maximum absolute atomic E-state index is 13.5. The molecule has 3 fully saturated rings. The Morgan fingerprint density at radius 3 is 2.13 bits per heavy atom. The maximum Gasteiger partial charge on any atom is 0.337 e. The number of rotatable bonds is 6. The molecule has 0 radical (unpaired) electrons. The SMILES string of the molecule is COC(=O)c1cc(NC(=O)C[C@@H]2C(=O)N[C@@H]3CCCC[C@H]3N2C(=O)NC2CCCCC2)cc(C(=O)OC)c1. The quantitative estimate of drug-likeness (QED) is 0.482. The summed E-state index contributed by atoms with van der Waals surface area (Å²) in [7, 11) is 2.41. The molecule has 1 aliphatic heterocycles. The molecule has 38 heavy (non-hydrogen) atoms. The van der Waals surface area contributed by atoms with Crippen LogP contribution in [0.25, 0.3) is 0 Å². The van der Waals surface area contributed by atoms with Crippen molar-refractivity contribution in [3.05, 3.63) is 29.3 Å². The number of methoxy groups -OCH3 is 2. The highest BCUT2D eigenvalue weighted by atomic mass is 16.5. The molecule has 0 aromatic heterocycles. The Bertz CT molecular complexity index is 1050. The second-order valence-corrected chi connectivity index (χ2v) is 10.2. The van der Waals surface area contributed by atoms with Crippen molar-refractivity contribution in [2.45, 2.75) is 88.4 Å². The van der Waals surface area contributed by atoms with Gasteiger partial charge in [-0.1, -0.05) is 32.1 Å². The number of carbonyl (C=O) groups is 5. The Balaban J connectivity index is 1.54. The third kappa shape index (κ3) is 6.25. The van der Waals surface area contributed by atoms with Crippen molar-refractivity contribution < 1.29 is 33.4 Å². The summed E-state index contributed by atoms with van der Waals surface area (Å²) in [5, 5.41) is 8.82. The number of esters is 2. The number of anilines is 1. The van der Waals surface area contributed by atoms with Crippen LogP contribution in [0.2, 0.25) is 0 Å². The zero-order chi connectivity index (χ0) is 27.2. The van der Waals surface area contributed by atoms with Gasteiger partial charge in [-0.3, -0.25) is 9.59 Å². The van der Waals surface area contributed by atoms with E-state index in [2.05, 4.69) is 16.0 Å². The van der Waals surface area contributed by atoms with Crippen LogP contribution in [0.4, 0.5) is 10.5 Å². The van der Waals surface area contributed by atoms with Crippen LogP contribution in [0.5, 0.6) is 0 Å². The molecule has 0 unspecified atom stereocenters. The molecule has 11 nitrogen and oxygen atoms in total. The smallest absolute Gasteiger partial charge is 0.337 e. The molecule has 3 aliphatic rings. The van der Waals surface area contributed by atoms with Gasteiger partial charge in [0.1, 0.15) is 6.04 Å². The van der Waals surface area contributed by atoms with Gasteiger partial charge in [0, 0.05) is 17.8 Å². The number of carbonyl (C=O) groups excluding carboxylic acids is 5. The van der Waals surface area contributed by atoms with Gasteiger partial charge in [0.25, 0.3) is 0 Å². The van der Waals surface area contributed by atoms with Crippen molar-refractivity contribution in [1.82, 2.24) is 15.5 Å². The molecule has 206 valence electrons. The van der Waals surface area contributed by atoms with Crippen molar-refractivity contribution >= 4 is 35.5 Å². The monoisotopic (exact) mass is 528 g/mol. The second-order valence-electron chi connectivity index (χ2n) is 10.2. The predicted molar refractivity (Wildman–Crippen MR) is 138 cm³/mol. The number of ether oxygens (including phenoxy) is 2. The molecule has 4 amide bonds. The fourth-order valence-corrected chi connectivity index (χ4v) is 5.79. The molecule has 1 saturated heterocycles. The fraction of sp³-hybridized carbons (Fsp3) is 0.593. The Labute approximate surface area is 222 Å². The normalized spacial score (nSPS) is 23.5. The standard InChI is InChI=1S/C27H36N4O7/c1-37-25(34)16-12-17(26(35)38-2)14-19(13-16)28-23(32)15-22-24(33)30-20-10-6-7-11-21(20)31(22)27(36)29-18-8-4-3-5-9-18/h12-14,18,20-22H,3-11,15H2,1-2H3,(H,28,32)(H,29,36)(H,30,33)/t20-,21-,22-/m1/s1. The molecule has 1 aromatic carbocycles. The highest BCUT2D eigenvalue weighted by Crippen LogP contribution is 2.30. The minimum absolute atomic E-state index is 0.0552. The van der Waals surface area contributed by atoms with Crippen molar-refractivity contribution in [2.75, 3.05) is 19.5 Å². The molecule has 0 spiro atoms. The molecule has 1 aromatic rings. The summed E-state index contributed by atoms with van der Waals surface area (Å²) < 4.78 is 9.49. The molecule has 11 heteroatoms. The number of fused-ring (bicyclic) bond motifs is 1. The van der Waals surface area contributed by atoms with E-state index >= 15 is 0 Å². The van der Waals surface area contributed by atoms with E-state index < -0.39 is 23.9 Å². The summed E-state index contributed by atoms with van der Waals surface area (Å²) in [5.41, 5.74) is 0.280. The zero-order valence-corrected chi connectivity index (χ0v) is 21.9. The first-order valence-electron chi connectivity index (χ1n) is 13.3. The van der Waals surface area contributed by atoms with Crippen molar-refractivity contribution in [3.63, 3.8) is 0 Å². The third-order valence-corrected chi connectivity index (χ3v) is 7.66. The van der Waals surface area contributed by atoms with E-state index in [1.165, 1.54) is 32.4 Å². The van der Waals surface area contributed by atoms with Gasteiger partial charge in [-0.2, -0.15) is 0 Å². The molecular weight excluding hydrogens is 492 g/mol. The van der Waals surface area contributed by atoms with E-state index in [1.807, 2.05) is 0 Å². The van der Waals surface area contributed by atoms with Crippen molar-refractivity contribution in [1.29, 1.82) is 0 Å². The lowest BCUT2D eigenvalue weighted by Gasteiger charge is -2.48. The molecule has 2 saturated carbocycles. The summed E-state index contributed by atoms with van der Waals surface area (Å²) in [6, 6.07) is 2.52. The topological polar surface area (TPSA) is 143 Å². The number of hydrogen-bond acceptors (Lipinski definition) is 7. The fourth-order valence-electron chi connectivity index (χ4n) is 5.79. The lowest BCUT2D eigenvalue weighted by Crippen LogP contribution is -2.69. The largest absolute Gasteiger partial charge is 0.465 e. The number of amides is 4. The van der Waals surface area contributed by atoms with E-state index in [0.29, 0.717) is 0 Å². The Hall–Kier alpha value is -3.63. The average molecular weight is 529 g/mol. The van der Waals surface area contributed by atoms with E-state index in [0.717, 1.165) is 57.8 Å². The van der Waals surface area contributed by atoms with Gasteiger partial charge >= 0.3 is 18.0 Å². The second kappa shape index (κ2) is 12.3. The van der Waals surface area contributed by atoms with Crippen LogP contribution in [0, 0.1) is 0 Å². The van der Waals surface area contributed by atoms with E-state index in [1.54, 1.807) is 4.90 Å². The molecule has 4 rings (SSSR count). The number of piperazine rings is 1. The lowest BCUT2D eigenvalue weighted by molar-refractivity contribution is -0.135. The molecule has 0 bridgehead atoms. The van der Waals surface area contributed by atoms with E-state index in [9.17, 15) is 24.0 Å². The average Bonchev–Trinajstić information content (AvgIpc) is 2.92. The Kier molecular flexibility index (Phi) is 8.85. The van der Waals surface area contributed by atoms with Crippen LogP contribution in [0.1, 0.15) is 84.9 Å². The van der Waals surface area contributed by atoms with Crippen LogP contribution in [-0.4, -0.2) is 73.1 Å². The zero-order valence-electron chi connectivity index (χ0n) is 21.9. The minimum atomic E-state index is -0.984. The Morgan fingerprint density at radius 2 is 1.50 bits per heavy atom. The van der Waals surface area contributed by atoms with Gasteiger partial charge in [-0.25, -0.2) is 14.4 Å². The van der Waals surface area contributed by atoms with Crippen molar-refractivity contribution in [2.24, 2.45) is 0 Å². The summed E-state index contributed by atoms with van der Waals surface area (Å²) in [6.45, 7) is 0. The third-order valence-electron chi connectivity index (χ3n) is 7.66. The van der Waals surface area contributed by atoms with Crippen LogP contribution in [0.15, 0.2) is 18.2 Å². The maximum atomic E-state index is 13.5. The van der Waals surface area contributed by atoms with Gasteiger partial charge in [0.15, 0.2) is 0 Å². The van der Waals surface area contributed by atoms with Gasteiger partial charge in [0.2, 0.25) is 11.8 Å². The number of urea groups is 1. The molecule has 3 N–H and O–H groups in total. The highest BCUT2D eigenvalue weighted by molar-refractivity contribution is 6.01. The Morgan fingerprint density at radius 1 is 0.895 bits per heavy atom. The van der Waals surface area contributed by atoms with Crippen LogP contribution >= 0.6 is 0 Å². The number of nitrogens with one attached hydrogen (secondary N) is 3. The highest BCUT2D eigenvalue weighted by Gasteiger charge is 2.46. The van der Waals surface area contributed by atoms with Crippen LogP contribution in [0.3, 0.4) is 0 Å². The number of benzene rings is 1. The van der Waals surface area contributed by atoms with E-state index in [-0.39, 0.29) is 53.3 Å². The first-order valence-corrected chi connectivity index (χ1v) is 13.3. The first-order chi connectivity index (χ1) is 18.3. The van der Waals surface area contributed by atoms with Gasteiger partial charge in [-0.15, -0.1) is 0 Å². The van der Waals surface area contributed by atoms with Crippen LogP contribution in [-0.2, 0) is 19.1 Å². The molecule has 2 aliphatic carbocycles. The molecular formula is C27H36N4O7. The molecule has 3 atom stereocenters. The molecule has 1 heterocycles. The van der Waals surface area contributed by atoms with E-state index in [4.69, 9.17) is 9.47 Å². The number of hydrogen-bond donors (Lipinski definition) is 3. The van der Waals surface area contributed by atoms with Crippen molar-refractivity contribution in [3.8, 4) is 0 Å². The summed E-state index contributed by atoms with van der Waals surface area (Å²) in [4.78, 5) is 65.6. The van der Waals surface area contributed by atoms with Crippen LogP contribution < -0.4 is 16.0 Å². The predicted octanol–water partition coefficient (Wildman–Crippen LogP) is 2.74. The van der Waals surface area contributed by atoms with Gasteiger partial charge in [-0.05, 0) is 43.9 Å². The summed E-state index contributed by atoms with van der Waals surface area (Å²) >= 11 is 0.